The van der Waals surface area contributed by atoms with Crippen molar-refractivity contribution in [1.29, 1.82) is 0 Å². The van der Waals surface area contributed by atoms with Gasteiger partial charge in [-0.1, -0.05) is 38.5 Å². The maximum absolute atomic E-state index is 3.88. The van der Waals surface area contributed by atoms with E-state index in [0.717, 1.165) is 12.3 Å². The standard InChI is InChI=1S/C9H17.Y/c1-2-6-9-7-4-3-5-8-9;/h9H,1-8H2;/q-1;. The van der Waals surface area contributed by atoms with Crippen LogP contribution in [0.3, 0.4) is 0 Å². The van der Waals surface area contributed by atoms with Crippen LogP contribution >= 0.6 is 0 Å². The van der Waals surface area contributed by atoms with E-state index in [1.807, 2.05) is 0 Å². The minimum atomic E-state index is 0. The van der Waals surface area contributed by atoms with Crippen LogP contribution in [0.2, 0.25) is 0 Å². The molecule has 10 heavy (non-hydrogen) atoms. The molecule has 0 amide bonds. The average Bonchev–Trinajstić information content (AvgIpc) is 1.91. The van der Waals surface area contributed by atoms with Crippen molar-refractivity contribution in [3.05, 3.63) is 6.92 Å². The molecule has 0 N–H and O–H groups in total. The zero-order valence-corrected chi connectivity index (χ0v) is 9.65. The van der Waals surface area contributed by atoms with Gasteiger partial charge in [-0.3, -0.25) is 0 Å². The monoisotopic (exact) mass is 214 g/mol. The third-order valence-corrected chi connectivity index (χ3v) is 2.34. The SMILES string of the molecule is [CH2-]CCC1CCCCC1.[Y]. The summed E-state index contributed by atoms with van der Waals surface area (Å²) in [4.78, 5) is 0. The van der Waals surface area contributed by atoms with Crippen LogP contribution in [0.5, 0.6) is 0 Å². The molecule has 0 unspecified atom stereocenters. The molecule has 1 rings (SSSR count). The summed E-state index contributed by atoms with van der Waals surface area (Å²) in [5.74, 6) is 1.04. The van der Waals surface area contributed by atoms with Gasteiger partial charge >= 0.3 is 0 Å². The summed E-state index contributed by atoms with van der Waals surface area (Å²) >= 11 is 0. The van der Waals surface area contributed by atoms with Gasteiger partial charge in [0.1, 0.15) is 0 Å². The van der Waals surface area contributed by atoms with Gasteiger partial charge in [0.25, 0.3) is 0 Å². The second-order valence-electron chi connectivity index (χ2n) is 3.15. The van der Waals surface area contributed by atoms with Gasteiger partial charge in [0.2, 0.25) is 0 Å². The van der Waals surface area contributed by atoms with Crippen LogP contribution in [0.4, 0.5) is 0 Å². The molecule has 0 saturated heterocycles. The fourth-order valence-electron chi connectivity index (χ4n) is 1.76. The molecular formula is C9H17Y-. The van der Waals surface area contributed by atoms with E-state index in [2.05, 4.69) is 6.92 Å². The summed E-state index contributed by atoms with van der Waals surface area (Å²) in [6, 6.07) is 0. The predicted octanol–water partition coefficient (Wildman–Crippen LogP) is 3.18. The van der Waals surface area contributed by atoms with Gasteiger partial charge in [0.15, 0.2) is 0 Å². The van der Waals surface area contributed by atoms with Crippen molar-refractivity contribution < 1.29 is 32.7 Å². The molecule has 1 aliphatic rings. The minimum absolute atomic E-state index is 0. The van der Waals surface area contributed by atoms with Crippen LogP contribution < -0.4 is 0 Å². The van der Waals surface area contributed by atoms with Crippen LogP contribution in [-0.2, 0) is 32.7 Å². The largest absolute Gasteiger partial charge is 0.343 e. The molecule has 0 aromatic rings. The Labute approximate surface area is 90.0 Å². The molecule has 0 aromatic carbocycles. The Balaban J connectivity index is 0.000000810. The van der Waals surface area contributed by atoms with Crippen molar-refractivity contribution in [2.24, 2.45) is 5.92 Å². The van der Waals surface area contributed by atoms with Gasteiger partial charge in [0, 0.05) is 32.7 Å². The molecule has 57 valence electrons. The maximum atomic E-state index is 3.88. The molecule has 1 heteroatoms. The van der Waals surface area contributed by atoms with Gasteiger partial charge in [0.05, 0.1) is 0 Å². The normalized spacial score (nSPS) is 20.1. The molecule has 0 atom stereocenters. The number of rotatable bonds is 2. The van der Waals surface area contributed by atoms with Crippen molar-refractivity contribution in [1.82, 2.24) is 0 Å². The van der Waals surface area contributed by atoms with Gasteiger partial charge in [-0.15, -0.1) is 0 Å². The first-order valence-corrected chi connectivity index (χ1v) is 4.22. The third kappa shape index (κ3) is 4.08. The van der Waals surface area contributed by atoms with Gasteiger partial charge in [-0.2, -0.15) is 6.42 Å². The van der Waals surface area contributed by atoms with E-state index in [1.165, 1.54) is 38.5 Å². The molecular weight excluding hydrogens is 197 g/mol. The van der Waals surface area contributed by atoms with Crippen molar-refractivity contribution in [2.75, 3.05) is 0 Å². The molecule has 0 spiro atoms. The Morgan fingerprint density at radius 3 is 2.20 bits per heavy atom. The smallest absolute Gasteiger partial charge is 0 e. The topological polar surface area (TPSA) is 0 Å². The first-order chi connectivity index (χ1) is 4.43. The van der Waals surface area contributed by atoms with Crippen LogP contribution in [-0.4, -0.2) is 0 Å². The Kier molecular flexibility index (Phi) is 7.54. The Bertz CT molecular complexity index is 62.4. The molecule has 1 fully saturated rings. The number of hydrogen-bond donors (Lipinski definition) is 0. The van der Waals surface area contributed by atoms with E-state index < -0.39 is 0 Å². The molecule has 0 bridgehead atoms. The third-order valence-electron chi connectivity index (χ3n) is 2.34. The Hall–Kier alpha value is 1.10. The van der Waals surface area contributed by atoms with Crippen molar-refractivity contribution in [2.45, 2.75) is 44.9 Å². The first-order valence-electron chi connectivity index (χ1n) is 4.22. The van der Waals surface area contributed by atoms with E-state index in [1.54, 1.807) is 0 Å². The zero-order valence-electron chi connectivity index (χ0n) is 6.81. The summed E-state index contributed by atoms with van der Waals surface area (Å²) in [7, 11) is 0. The summed E-state index contributed by atoms with van der Waals surface area (Å²) < 4.78 is 0. The molecule has 1 aliphatic carbocycles. The minimum Gasteiger partial charge on any atom is -0.343 e. The van der Waals surface area contributed by atoms with Crippen molar-refractivity contribution in [3.63, 3.8) is 0 Å². The molecule has 0 aromatic heterocycles. The molecule has 1 saturated carbocycles. The molecule has 0 aliphatic heterocycles. The molecule has 0 heterocycles. The zero-order chi connectivity index (χ0) is 6.53. The van der Waals surface area contributed by atoms with Crippen LogP contribution in [0.1, 0.15) is 44.9 Å². The molecule has 1 radical (unpaired) electrons. The quantitative estimate of drug-likeness (QED) is 0.619. The van der Waals surface area contributed by atoms with Crippen molar-refractivity contribution in [3.8, 4) is 0 Å². The maximum Gasteiger partial charge on any atom is 0 e. The Morgan fingerprint density at radius 2 is 1.70 bits per heavy atom. The van der Waals surface area contributed by atoms with Crippen LogP contribution in [0.25, 0.3) is 0 Å². The van der Waals surface area contributed by atoms with E-state index in [-0.39, 0.29) is 32.7 Å². The predicted molar refractivity (Wildman–Crippen MR) is 41.2 cm³/mol. The Morgan fingerprint density at radius 1 is 1.10 bits per heavy atom. The average molecular weight is 214 g/mol. The van der Waals surface area contributed by atoms with Gasteiger partial charge in [-0.05, 0) is 5.92 Å². The van der Waals surface area contributed by atoms with Gasteiger partial charge in [-0.25, -0.2) is 0 Å². The summed E-state index contributed by atoms with van der Waals surface area (Å²) in [6.45, 7) is 3.88. The van der Waals surface area contributed by atoms with E-state index >= 15 is 0 Å². The van der Waals surface area contributed by atoms with E-state index in [4.69, 9.17) is 0 Å². The fraction of sp³-hybridized carbons (Fsp3) is 0.889. The summed E-state index contributed by atoms with van der Waals surface area (Å²) in [5.41, 5.74) is 0. The van der Waals surface area contributed by atoms with Crippen molar-refractivity contribution >= 4 is 0 Å². The second kappa shape index (κ2) is 6.79. The summed E-state index contributed by atoms with van der Waals surface area (Å²) in [6.07, 6.45) is 9.92. The van der Waals surface area contributed by atoms with E-state index in [9.17, 15) is 0 Å². The number of hydrogen-bond acceptors (Lipinski definition) is 0. The van der Waals surface area contributed by atoms with E-state index in [0.29, 0.717) is 0 Å². The van der Waals surface area contributed by atoms with Gasteiger partial charge < -0.3 is 6.92 Å². The molecule has 0 nitrogen and oxygen atoms in total. The van der Waals surface area contributed by atoms with Crippen LogP contribution in [0, 0.1) is 12.8 Å². The summed E-state index contributed by atoms with van der Waals surface area (Å²) in [5, 5.41) is 0. The first kappa shape index (κ1) is 11.1. The second-order valence-corrected chi connectivity index (χ2v) is 3.15. The fourth-order valence-corrected chi connectivity index (χ4v) is 1.76. The van der Waals surface area contributed by atoms with Crippen LogP contribution in [0.15, 0.2) is 0 Å².